The van der Waals surface area contributed by atoms with Crippen LogP contribution in [0.25, 0.3) is 11.0 Å². The molecule has 2 aromatic carbocycles. The predicted octanol–water partition coefficient (Wildman–Crippen LogP) is 3.85. The van der Waals surface area contributed by atoms with Crippen LogP contribution in [0.3, 0.4) is 0 Å². The van der Waals surface area contributed by atoms with Gasteiger partial charge in [0.1, 0.15) is 22.7 Å². The zero-order chi connectivity index (χ0) is 19.6. The van der Waals surface area contributed by atoms with Crippen molar-refractivity contribution in [2.75, 3.05) is 13.7 Å². The van der Waals surface area contributed by atoms with Gasteiger partial charge in [-0.25, -0.2) is 9.59 Å². The van der Waals surface area contributed by atoms with Crippen LogP contribution in [-0.4, -0.2) is 30.8 Å². The minimum Gasteiger partial charge on any atom is -0.504 e. The van der Waals surface area contributed by atoms with Crippen LogP contribution >= 0.6 is 0 Å². The molecule has 0 radical (unpaired) electrons. The summed E-state index contributed by atoms with van der Waals surface area (Å²) in [7, 11) is 1.52. The third-order valence-electron chi connectivity index (χ3n) is 3.95. The number of carbonyl (C=O) groups excluding carboxylic acids is 2. The van der Waals surface area contributed by atoms with Gasteiger partial charge in [0.25, 0.3) is 0 Å². The van der Waals surface area contributed by atoms with Crippen LogP contribution in [0.15, 0.2) is 40.8 Å². The van der Waals surface area contributed by atoms with E-state index in [9.17, 15) is 14.7 Å². The summed E-state index contributed by atoms with van der Waals surface area (Å²) < 4.78 is 20.9. The van der Waals surface area contributed by atoms with Gasteiger partial charge in [-0.15, -0.1) is 0 Å². The molecule has 1 aromatic heterocycles. The van der Waals surface area contributed by atoms with E-state index >= 15 is 0 Å². The topological polar surface area (TPSA) is 95.2 Å². The van der Waals surface area contributed by atoms with Crippen molar-refractivity contribution in [1.82, 2.24) is 0 Å². The Morgan fingerprint density at radius 2 is 1.81 bits per heavy atom. The summed E-state index contributed by atoms with van der Waals surface area (Å²) in [5.41, 5.74) is 0.819. The number of ether oxygens (including phenoxy) is 3. The van der Waals surface area contributed by atoms with E-state index < -0.39 is 11.9 Å². The van der Waals surface area contributed by atoms with E-state index in [0.717, 1.165) is 0 Å². The average Bonchev–Trinajstić information content (AvgIpc) is 2.97. The van der Waals surface area contributed by atoms with Crippen molar-refractivity contribution < 1.29 is 33.3 Å². The minimum absolute atomic E-state index is 0.0764. The molecule has 0 saturated heterocycles. The summed E-state index contributed by atoms with van der Waals surface area (Å²) in [6.07, 6.45) is 0. The van der Waals surface area contributed by atoms with Gasteiger partial charge in [0, 0.05) is 11.5 Å². The maximum atomic E-state index is 12.3. The molecule has 140 valence electrons. The van der Waals surface area contributed by atoms with E-state index in [1.165, 1.54) is 19.2 Å². The molecular formula is C20H18O7. The first kappa shape index (κ1) is 18.3. The van der Waals surface area contributed by atoms with E-state index in [-0.39, 0.29) is 29.2 Å². The molecule has 0 bridgehead atoms. The number of esters is 2. The van der Waals surface area contributed by atoms with E-state index in [4.69, 9.17) is 18.6 Å². The Morgan fingerprint density at radius 3 is 2.44 bits per heavy atom. The molecule has 0 amide bonds. The SMILES string of the molecule is CCOC(=O)c1c(C)oc2cc(OC(=O)c3ccc(OC)cc3)c(O)cc12. The molecule has 3 rings (SSSR count). The fraction of sp³-hybridized carbons (Fsp3) is 0.200. The standard InChI is InChI=1S/C20H18O7/c1-4-25-20(23)18-11(2)26-16-10-17(15(21)9-14(16)18)27-19(22)12-5-7-13(24-3)8-6-12/h5-10,21H,4H2,1-3H3. The van der Waals surface area contributed by atoms with Crippen LogP contribution in [0.2, 0.25) is 0 Å². The number of phenolic OH excluding ortho intramolecular Hbond substituents is 1. The Balaban J connectivity index is 1.92. The van der Waals surface area contributed by atoms with Crippen LogP contribution in [0, 0.1) is 6.92 Å². The van der Waals surface area contributed by atoms with E-state index in [0.29, 0.717) is 22.5 Å². The molecule has 0 unspecified atom stereocenters. The first-order valence-corrected chi connectivity index (χ1v) is 8.24. The molecule has 7 heteroatoms. The Hall–Kier alpha value is -3.48. The summed E-state index contributed by atoms with van der Waals surface area (Å²) in [6, 6.07) is 9.03. The monoisotopic (exact) mass is 370 g/mol. The molecule has 0 saturated carbocycles. The molecule has 0 aliphatic carbocycles. The highest BCUT2D eigenvalue weighted by Gasteiger charge is 2.22. The van der Waals surface area contributed by atoms with Gasteiger partial charge in [-0.2, -0.15) is 0 Å². The van der Waals surface area contributed by atoms with Crippen molar-refractivity contribution in [2.24, 2.45) is 0 Å². The van der Waals surface area contributed by atoms with Crippen LogP contribution in [-0.2, 0) is 4.74 Å². The molecule has 1 N–H and O–H groups in total. The van der Waals surface area contributed by atoms with Crippen molar-refractivity contribution in [3.05, 3.63) is 53.3 Å². The number of carbonyl (C=O) groups is 2. The maximum Gasteiger partial charge on any atom is 0.343 e. The van der Waals surface area contributed by atoms with E-state index in [1.807, 2.05) is 0 Å². The lowest BCUT2D eigenvalue weighted by atomic mass is 10.1. The van der Waals surface area contributed by atoms with Gasteiger partial charge in [-0.3, -0.25) is 0 Å². The molecular weight excluding hydrogens is 352 g/mol. The molecule has 0 aliphatic rings. The lowest BCUT2D eigenvalue weighted by Gasteiger charge is -2.07. The number of aromatic hydroxyl groups is 1. The summed E-state index contributed by atoms with van der Waals surface area (Å²) in [6.45, 7) is 3.53. The average molecular weight is 370 g/mol. The number of phenols is 1. The Bertz CT molecular complexity index is 999. The summed E-state index contributed by atoms with van der Waals surface area (Å²) in [5.74, 6) is -0.615. The van der Waals surface area contributed by atoms with Gasteiger partial charge < -0.3 is 23.7 Å². The van der Waals surface area contributed by atoms with Gasteiger partial charge in [-0.05, 0) is 44.2 Å². The highest BCUT2D eigenvalue weighted by atomic mass is 16.5. The number of methoxy groups -OCH3 is 1. The number of furan rings is 1. The fourth-order valence-corrected chi connectivity index (χ4v) is 2.66. The number of hydrogen-bond acceptors (Lipinski definition) is 7. The molecule has 7 nitrogen and oxygen atoms in total. The quantitative estimate of drug-likeness (QED) is 0.538. The number of rotatable bonds is 5. The normalized spacial score (nSPS) is 10.6. The number of aryl methyl sites for hydroxylation is 1. The zero-order valence-electron chi connectivity index (χ0n) is 15.1. The highest BCUT2D eigenvalue weighted by molar-refractivity contribution is 6.05. The number of fused-ring (bicyclic) bond motifs is 1. The number of benzene rings is 2. The van der Waals surface area contributed by atoms with Crippen molar-refractivity contribution in [3.8, 4) is 17.2 Å². The van der Waals surface area contributed by atoms with Crippen molar-refractivity contribution in [2.45, 2.75) is 13.8 Å². The molecule has 3 aromatic rings. The highest BCUT2D eigenvalue weighted by Crippen LogP contribution is 2.36. The summed E-state index contributed by atoms with van der Waals surface area (Å²) in [4.78, 5) is 24.4. The third kappa shape index (κ3) is 3.57. The van der Waals surface area contributed by atoms with E-state index in [2.05, 4.69) is 0 Å². The fourth-order valence-electron chi connectivity index (χ4n) is 2.66. The van der Waals surface area contributed by atoms with Crippen LogP contribution in [0.5, 0.6) is 17.2 Å². The largest absolute Gasteiger partial charge is 0.504 e. The maximum absolute atomic E-state index is 12.3. The van der Waals surface area contributed by atoms with Crippen molar-refractivity contribution >= 4 is 22.9 Å². The van der Waals surface area contributed by atoms with Gasteiger partial charge >= 0.3 is 11.9 Å². The second-order valence-corrected chi connectivity index (χ2v) is 5.69. The predicted molar refractivity (Wildman–Crippen MR) is 96.5 cm³/mol. The molecule has 27 heavy (non-hydrogen) atoms. The third-order valence-corrected chi connectivity index (χ3v) is 3.95. The van der Waals surface area contributed by atoms with E-state index in [1.54, 1.807) is 38.1 Å². The molecule has 1 heterocycles. The van der Waals surface area contributed by atoms with Gasteiger partial charge in [0.05, 0.1) is 19.3 Å². The summed E-state index contributed by atoms with van der Waals surface area (Å²) in [5, 5.41) is 10.6. The smallest absolute Gasteiger partial charge is 0.343 e. The van der Waals surface area contributed by atoms with Gasteiger partial charge in [0.15, 0.2) is 11.5 Å². The van der Waals surface area contributed by atoms with Crippen LogP contribution in [0.1, 0.15) is 33.4 Å². The zero-order valence-corrected chi connectivity index (χ0v) is 15.1. The first-order valence-electron chi connectivity index (χ1n) is 8.24. The van der Waals surface area contributed by atoms with Crippen molar-refractivity contribution in [3.63, 3.8) is 0 Å². The molecule has 0 atom stereocenters. The lowest BCUT2D eigenvalue weighted by Crippen LogP contribution is -2.08. The molecule has 0 spiro atoms. The second-order valence-electron chi connectivity index (χ2n) is 5.69. The second kappa shape index (κ2) is 7.41. The molecule has 0 aliphatic heterocycles. The lowest BCUT2D eigenvalue weighted by molar-refractivity contribution is 0.0526. The van der Waals surface area contributed by atoms with Crippen LogP contribution < -0.4 is 9.47 Å². The first-order chi connectivity index (χ1) is 12.9. The van der Waals surface area contributed by atoms with Crippen molar-refractivity contribution in [1.29, 1.82) is 0 Å². The Labute approximate surface area is 155 Å². The van der Waals surface area contributed by atoms with Gasteiger partial charge in [0.2, 0.25) is 0 Å². The molecule has 0 fully saturated rings. The number of hydrogen-bond donors (Lipinski definition) is 1. The summed E-state index contributed by atoms with van der Waals surface area (Å²) >= 11 is 0. The Kier molecular flexibility index (Phi) is 5.03. The van der Waals surface area contributed by atoms with Gasteiger partial charge in [-0.1, -0.05) is 0 Å². The minimum atomic E-state index is -0.652. The van der Waals surface area contributed by atoms with Crippen LogP contribution in [0.4, 0.5) is 0 Å². The Morgan fingerprint density at radius 1 is 1.11 bits per heavy atom.